The summed E-state index contributed by atoms with van der Waals surface area (Å²) in [5.74, 6) is 1.17. The normalized spacial score (nSPS) is 27.8. The molecule has 3 heteroatoms. The minimum Gasteiger partial charge on any atom is -0.338 e. The first-order valence-corrected chi connectivity index (χ1v) is 7.67. The molecular formula is C15H28N2O. The first-order chi connectivity index (χ1) is 8.61. The molecule has 18 heavy (non-hydrogen) atoms. The van der Waals surface area contributed by atoms with Gasteiger partial charge in [0.1, 0.15) is 0 Å². The Morgan fingerprint density at radius 2 is 1.78 bits per heavy atom. The summed E-state index contributed by atoms with van der Waals surface area (Å²) >= 11 is 0. The fraction of sp³-hybridized carbons (Fsp3) is 0.933. The maximum absolute atomic E-state index is 12.4. The summed E-state index contributed by atoms with van der Waals surface area (Å²) in [6.07, 6.45) is 9.05. The van der Waals surface area contributed by atoms with Crippen molar-refractivity contribution in [1.29, 1.82) is 0 Å². The van der Waals surface area contributed by atoms with Gasteiger partial charge in [-0.2, -0.15) is 0 Å². The third-order valence-electron chi connectivity index (χ3n) is 4.78. The van der Waals surface area contributed by atoms with Gasteiger partial charge in [0.2, 0.25) is 5.91 Å². The third-order valence-corrected chi connectivity index (χ3v) is 4.78. The molecule has 0 bridgehead atoms. The molecule has 2 N–H and O–H groups in total. The molecule has 1 heterocycles. The largest absolute Gasteiger partial charge is 0.338 e. The van der Waals surface area contributed by atoms with Gasteiger partial charge in [0.05, 0.1) is 6.04 Å². The highest BCUT2D eigenvalue weighted by molar-refractivity contribution is 5.82. The minimum atomic E-state index is -0.311. The van der Waals surface area contributed by atoms with E-state index in [0.29, 0.717) is 6.04 Å². The van der Waals surface area contributed by atoms with Crippen LogP contribution in [-0.2, 0) is 4.79 Å². The van der Waals surface area contributed by atoms with Gasteiger partial charge in [0.25, 0.3) is 0 Å². The lowest BCUT2D eigenvalue weighted by molar-refractivity contribution is -0.135. The highest BCUT2D eigenvalue weighted by atomic mass is 16.2. The van der Waals surface area contributed by atoms with Gasteiger partial charge in [0.15, 0.2) is 0 Å². The number of nitrogens with two attached hydrogens (primary N) is 1. The molecule has 0 aromatic rings. The number of carbonyl (C=O) groups excluding carboxylic acids is 1. The molecule has 2 fully saturated rings. The van der Waals surface area contributed by atoms with Gasteiger partial charge >= 0.3 is 0 Å². The Hall–Kier alpha value is -0.570. The van der Waals surface area contributed by atoms with Crippen LogP contribution in [0.4, 0.5) is 0 Å². The highest BCUT2D eigenvalue weighted by Gasteiger charge is 2.37. The van der Waals surface area contributed by atoms with Crippen molar-refractivity contribution >= 4 is 5.91 Å². The second-order valence-corrected chi connectivity index (χ2v) is 6.41. The van der Waals surface area contributed by atoms with E-state index in [0.717, 1.165) is 18.9 Å². The van der Waals surface area contributed by atoms with E-state index in [1.54, 1.807) is 0 Å². The maximum atomic E-state index is 12.4. The number of amides is 1. The van der Waals surface area contributed by atoms with Crippen LogP contribution in [0.1, 0.15) is 58.8 Å². The van der Waals surface area contributed by atoms with Crippen LogP contribution in [-0.4, -0.2) is 29.4 Å². The van der Waals surface area contributed by atoms with E-state index in [9.17, 15) is 4.79 Å². The van der Waals surface area contributed by atoms with Crippen LogP contribution in [0.2, 0.25) is 0 Å². The average Bonchev–Trinajstić information content (AvgIpc) is 2.87. The van der Waals surface area contributed by atoms with Crippen LogP contribution in [0.25, 0.3) is 0 Å². The van der Waals surface area contributed by atoms with Crippen molar-refractivity contribution in [1.82, 2.24) is 4.90 Å². The van der Waals surface area contributed by atoms with E-state index in [-0.39, 0.29) is 17.9 Å². The molecule has 1 unspecified atom stereocenters. The predicted molar refractivity (Wildman–Crippen MR) is 74.1 cm³/mol. The number of likely N-dealkylation sites (tertiary alicyclic amines) is 1. The lowest BCUT2D eigenvalue weighted by atomic mass is 9.82. The molecule has 3 nitrogen and oxygen atoms in total. The molecule has 1 saturated heterocycles. The summed E-state index contributed by atoms with van der Waals surface area (Å²) in [6.45, 7) is 5.00. The number of nitrogens with zero attached hydrogens (tertiary/aromatic N) is 1. The summed E-state index contributed by atoms with van der Waals surface area (Å²) in [5.41, 5.74) is 6.04. The second kappa shape index (κ2) is 6.05. The molecular weight excluding hydrogens is 224 g/mol. The van der Waals surface area contributed by atoms with Gasteiger partial charge in [-0.3, -0.25) is 4.79 Å². The van der Waals surface area contributed by atoms with Crippen LogP contribution >= 0.6 is 0 Å². The van der Waals surface area contributed by atoms with Gasteiger partial charge in [-0.25, -0.2) is 0 Å². The molecule has 2 rings (SSSR count). The molecule has 0 aromatic carbocycles. The van der Waals surface area contributed by atoms with Crippen LogP contribution in [0.5, 0.6) is 0 Å². The summed E-state index contributed by atoms with van der Waals surface area (Å²) in [7, 11) is 0. The van der Waals surface area contributed by atoms with Crippen LogP contribution in [0, 0.1) is 11.8 Å². The Morgan fingerprint density at radius 1 is 1.11 bits per heavy atom. The van der Waals surface area contributed by atoms with Crippen molar-refractivity contribution in [2.24, 2.45) is 17.6 Å². The van der Waals surface area contributed by atoms with Gasteiger partial charge < -0.3 is 10.6 Å². The minimum absolute atomic E-state index is 0.193. The lowest BCUT2D eigenvalue weighted by Gasteiger charge is -2.35. The number of hydrogen-bond acceptors (Lipinski definition) is 2. The Balaban J connectivity index is 2.00. The molecule has 104 valence electrons. The van der Waals surface area contributed by atoms with Crippen molar-refractivity contribution in [2.45, 2.75) is 70.9 Å². The average molecular weight is 252 g/mol. The van der Waals surface area contributed by atoms with Crippen LogP contribution in [0.15, 0.2) is 0 Å². The molecule has 1 amide bonds. The second-order valence-electron chi connectivity index (χ2n) is 6.41. The van der Waals surface area contributed by atoms with Crippen molar-refractivity contribution in [3.8, 4) is 0 Å². The molecule has 2 atom stereocenters. The first-order valence-electron chi connectivity index (χ1n) is 7.67. The quantitative estimate of drug-likeness (QED) is 0.839. The van der Waals surface area contributed by atoms with Crippen molar-refractivity contribution < 1.29 is 4.79 Å². The number of hydrogen-bond donors (Lipinski definition) is 1. The van der Waals surface area contributed by atoms with Crippen molar-refractivity contribution in [2.75, 3.05) is 6.54 Å². The Labute approximate surface area is 111 Å². The summed E-state index contributed by atoms with van der Waals surface area (Å²) in [4.78, 5) is 14.6. The zero-order valence-corrected chi connectivity index (χ0v) is 11.9. The maximum Gasteiger partial charge on any atom is 0.240 e. The van der Waals surface area contributed by atoms with E-state index >= 15 is 0 Å². The third kappa shape index (κ3) is 2.87. The van der Waals surface area contributed by atoms with Crippen molar-refractivity contribution in [3.05, 3.63) is 0 Å². The zero-order valence-electron chi connectivity index (χ0n) is 11.9. The van der Waals surface area contributed by atoms with Gasteiger partial charge in [0, 0.05) is 12.6 Å². The monoisotopic (exact) mass is 252 g/mol. The molecule has 1 aliphatic heterocycles. The standard InChI is InChI=1S/C15H28N2O/c1-11(2)14(16)15(18)17-10-6-9-13(17)12-7-4-3-5-8-12/h11-14H,3-10,16H2,1-2H3/t13?,14-/m1/s1. The predicted octanol–water partition coefficient (Wildman–Crippen LogP) is 2.54. The number of carbonyl (C=O) groups is 1. The molecule has 2 aliphatic rings. The molecule has 0 aromatic heterocycles. The Morgan fingerprint density at radius 3 is 2.39 bits per heavy atom. The Bertz CT molecular complexity index is 284. The van der Waals surface area contributed by atoms with E-state index in [2.05, 4.69) is 4.90 Å². The first kappa shape index (κ1) is 13.9. The number of rotatable bonds is 3. The lowest BCUT2D eigenvalue weighted by Crippen LogP contribution is -2.50. The summed E-state index contributed by atoms with van der Waals surface area (Å²) < 4.78 is 0. The molecule has 0 radical (unpaired) electrons. The van der Waals surface area contributed by atoms with E-state index in [4.69, 9.17) is 5.73 Å². The topological polar surface area (TPSA) is 46.3 Å². The highest BCUT2D eigenvalue weighted by Crippen LogP contribution is 2.34. The summed E-state index contributed by atoms with van der Waals surface area (Å²) in [5, 5.41) is 0. The van der Waals surface area contributed by atoms with E-state index < -0.39 is 0 Å². The van der Waals surface area contributed by atoms with Gasteiger partial charge in [-0.15, -0.1) is 0 Å². The molecule has 0 spiro atoms. The fourth-order valence-corrected chi connectivity index (χ4v) is 3.55. The van der Waals surface area contributed by atoms with Gasteiger partial charge in [-0.1, -0.05) is 33.1 Å². The van der Waals surface area contributed by atoms with Crippen LogP contribution in [0.3, 0.4) is 0 Å². The zero-order chi connectivity index (χ0) is 13.1. The fourth-order valence-electron chi connectivity index (χ4n) is 3.55. The molecule has 1 saturated carbocycles. The SMILES string of the molecule is CC(C)[C@@H](N)C(=O)N1CCCC1C1CCCCC1. The smallest absolute Gasteiger partial charge is 0.240 e. The Kier molecular flexibility index (Phi) is 4.66. The molecule has 1 aliphatic carbocycles. The summed E-state index contributed by atoms with van der Waals surface area (Å²) in [6, 6.07) is 0.178. The van der Waals surface area contributed by atoms with E-state index in [1.807, 2.05) is 13.8 Å². The van der Waals surface area contributed by atoms with Crippen LogP contribution < -0.4 is 5.73 Å². The van der Waals surface area contributed by atoms with Crippen molar-refractivity contribution in [3.63, 3.8) is 0 Å². The van der Waals surface area contributed by atoms with Gasteiger partial charge in [-0.05, 0) is 37.5 Å². The van der Waals surface area contributed by atoms with E-state index in [1.165, 1.54) is 38.5 Å².